The van der Waals surface area contributed by atoms with E-state index in [2.05, 4.69) is 27.1 Å². The molecular formula is C21H33N5O2. The van der Waals surface area contributed by atoms with Gasteiger partial charge in [0.05, 0.1) is 12.1 Å². The molecule has 28 heavy (non-hydrogen) atoms. The summed E-state index contributed by atoms with van der Waals surface area (Å²) < 4.78 is 1.88. The zero-order chi connectivity index (χ0) is 19.5. The first-order valence-electron chi connectivity index (χ1n) is 11.0. The highest BCUT2D eigenvalue weighted by molar-refractivity contribution is 5.81. The first kappa shape index (κ1) is 19.4. The van der Waals surface area contributed by atoms with Gasteiger partial charge in [-0.25, -0.2) is 0 Å². The van der Waals surface area contributed by atoms with Gasteiger partial charge in [-0.3, -0.25) is 19.2 Å². The SMILES string of the molecule is CCn1cc(CNC(=O)C2CCCN(C3CCN(C(=O)C4CC4)CC3)C2)cn1. The molecule has 2 saturated heterocycles. The fourth-order valence-electron chi connectivity index (χ4n) is 4.60. The Morgan fingerprint density at radius 3 is 2.57 bits per heavy atom. The lowest BCUT2D eigenvalue weighted by Crippen LogP contribution is -2.51. The molecule has 7 nitrogen and oxygen atoms in total. The number of carbonyl (C=O) groups excluding carboxylic acids is 2. The van der Waals surface area contributed by atoms with Gasteiger partial charge in [0.25, 0.3) is 0 Å². The van der Waals surface area contributed by atoms with E-state index in [-0.39, 0.29) is 11.8 Å². The van der Waals surface area contributed by atoms with E-state index < -0.39 is 0 Å². The number of aryl methyl sites for hydroxylation is 1. The Bertz CT molecular complexity index is 691. The maximum absolute atomic E-state index is 12.7. The van der Waals surface area contributed by atoms with Crippen LogP contribution in [0.1, 0.15) is 51.0 Å². The van der Waals surface area contributed by atoms with Crippen LogP contribution in [-0.4, -0.2) is 63.6 Å². The van der Waals surface area contributed by atoms with Crippen LogP contribution in [0.15, 0.2) is 12.4 Å². The maximum Gasteiger partial charge on any atom is 0.225 e. The van der Waals surface area contributed by atoms with Crippen LogP contribution in [0.2, 0.25) is 0 Å². The predicted molar refractivity (Wildman–Crippen MR) is 106 cm³/mol. The lowest BCUT2D eigenvalue weighted by atomic mass is 9.93. The van der Waals surface area contributed by atoms with Crippen molar-refractivity contribution >= 4 is 11.8 Å². The van der Waals surface area contributed by atoms with E-state index in [1.54, 1.807) is 0 Å². The highest BCUT2D eigenvalue weighted by Gasteiger charge is 2.37. The summed E-state index contributed by atoms with van der Waals surface area (Å²) in [4.78, 5) is 29.5. The number of hydrogen-bond acceptors (Lipinski definition) is 4. The van der Waals surface area contributed by atoms with Gasteiger partial charge in [0.1, 0.15) is 0 Å². The minimum atomic E-state index is 0.0705. The van der Waals surface area contributed by atoms with Crippen LogP contribution >= 0.6 is 0 Å². The van der Waals surface area contributed by atoms with E-state index in [0.29, 0.717) is 24.4 Å². The van der Waals surface area contributed by atoms with Gasteiger partial charge in [0.15, 0.2) is 0 Å². The number of piperidine rings is 2. The topological polar surface area (TPSA) is 70.5 Å². The predicted octanol–water partition coefficient (Wildman–Crippen LogP) is 1.63. The molecular weight excluding hydrogens is 354 g/mol. The van der Waals surface area contributed by atoms with E-state index in [0.717, 1.165) is 76.8 Å². The van der Waals surface area contributed by atoms with Crippen molar-refractivity contribution in [2.24, 2.45) is 11.8 Å². The van der Waals surface area contributed by atoms with Crippen molar-refractivity contribution < 1.29 is 9.59 Å². The highest BCUT2D eigenvalue weighted by atomic mass is 16.2. The average molecular weight is 388 g/mol. The minimum Gasteiger partial charge on any atom is -0.352 e. The summed E-state index contributed by atoms with van der Waals surface area (Å²) in [7, 11) is 0. The lowest BCUT2D eigenvalue weighted by Gasteiger charge is -2.42. The van der Waals surface area contributed by atoms with Crippen LogP contribution in [0, 0.1) is 11.8 Å². The highest BCUT2D eigenvalue weighted by Crippen LogP contribution is 2.32. The Hall–Kier alpha value is -1.89. The number of nitrogens with one attached hydrogen (secondary N) is 1. The third kappa shape index (κ3) is 4.57. The quantitative estimate of drug-likeness (QED) is 0.805. The molecule has 1 aliphatic carbocycles. The van der Waals surface area contributed by atoms with Crippen LogP contribution in [0.4, 0.5) is 0 Å². The van der Waals surface area contributed by atoms with Crippen molar-refractivity contribution in [3.05, 3.63) is 18.0 Å². The van der Waals surface area contributed by atoms with Crippen molar-refractivity contribution in [1.29, 1.82) is 0 Å². The Kier molecular flexibility index (Phi) is 5.99. The summed E-state index contributed by atoms with van der Waals surface area (Å²) >= 11 is 0. The molecule has 1 aromatic rings. The van der Waals surface area contributed by atoms with E-state index in [9.17, 15) is 9.59 Å². The standard InChI is InChI=1S/C21H33N5O2/c1-2-26-14-16(13-23-26)12-22-20(27)18-4-3-9-25(15-18)19-7-10-24(11-8-19)21(28)17-5-6-17/h13-14,17-19H,2-12,15H2,1H3,(H,22,27). The Balaban J connectivity index is 1.23. The first-order chi connectivity index (χ1) is 13.6. The third-order valence-electron chi connectivity index (χ3n) is 6.52. The summed E-state index contributed by atoms with van der Waals surface area (Å²) in [5.74, 6) is 0.932. The number of amides is 2. The van der Waals surface area contributed by atoms with Gasteiger partial charge in [-0.1, -0.05) is 0 Å². The van der Waals surface area contributed by atoms with Crippen molar-refractivity contribution in [3.8, 4) is 0 Å². The van der Waals surface area contributed by atoms with Crippen LogP contribution in [0.5, 0.6) is 0 Å². The van der Waals surface area contributed by atoms with Gasteiger partial charge >= 0.3 is 0 Å². The second-order valence-electron chi connectivity index (χ2n) is 8.59. The van der Waals surface area contributed by atoms with Gasteiger partial charge in [0.2, 0.25) is 11.8 Å². The summed E-state index contributed by atoms with van der Waals surface area (Å²) in [5, 5.41) is 7.36. The van der Waals surface area contributed by atoms with Crippen LogP contribution in [0.3, 0.4) is 0 Å². The van der Waals surface area contributed by atoms with Gasteiger partial charge in [-0.05, 0) is 52.0 Å². The van der Waals surface area contributed by atoms with Crippen molar-refractivity contribution in [1.82, 2.24) is 24.9 Å². The first-order valence-corrected chi connectivity index (χ1v) is 11.0. The smallest absolute Gasteiger partial charge is 0.225 e. The summed E-state index contributed by atoms with van der Waals surface area (Å²) in [6.07, 6.45) is 10.1. The number of likely N-dealkylation sites (tertiary alicyclic amines) is 2. The average Bonchev–Trinajstić information content (AvgIpc) is 3.49. The third-order valence-corrected chi connectivity index (χ3v) is 6.52. The molecule has 0 bridgehead atoms. The molecule has 1 atom stereocenters. The molecule has 7 heteroatoms. The molecule has 1 aromatic heterocycles. The molecule has 3 heterocycles. The Labute approximate surface area is 167 Å². The van der Waals surface area contributed by atoms with Crippen molar-refractivity contribution in [2.45, 2.75) is 64.6 Å². The number of carbonyl (C=O) groups is 2. The maximum atomic E-state index is 12.7. The van der Waals surface area contributed by atoms with Crippen LogP contribution in [-0.2, 0) is 22.7 Å². The number of nitrogens with zero attached hydrogens (tertiary/aromatic N) is 4. The molecule has 0 radical (unpaired) electrons. The zero-order valence-electron chi connectivity index (χ0n) is 17.0. The van der Waals surface area contributed by atoms with E-state index in [1.807, 2.05) is 17.1 Å². The summed E-state index contributed by atoms with van der Waals surface area (Å²) in [5.41, 5.74) is 1.05. The molecule has 1 unspecified atom stereocenters. The van der Waals surface area contributed by atoms with Crippen LogP contribution < -0.4 is 5.32 Å². The largest absolute Gasteiger partial charge is 0.352 e. The molecule has 3 fully saturated rings. The van der Waals surface area contributed by atoms with Crippen molar-refractivity contribution in [2.75, 3.05) is 26.2 Å². The fourth-order valence-corrected chi connectivity index (χ4v) is 4.60. The zero-order valence-corrected chi connectivity index (χ0v) is 17.0. The molecule has 154 valence electrons. The minimum absolute atomic E-state index is 0.0705. The van der Waals surface area contributed by atoms with Gasteiger partial charge in [0, 0.05) is 56.4 Å². The number of hydrogen-bond donors (Lipinski definition) is 1. The molecule has 4 rings (SSSR count). The van der Waals surface area contributed by atoms with E-state index in [4.69, 9.17) is 0 Å². The van der Waals surface area contributed by atoms with E-state index in [1.165, 1.54) is 0 Å². The van der Waals surface area contributed by atoms with Crippen LogP contribution in [0.25, 0.3) is 0 Å². The van der Waals surface area contributed by atoms with Gasteiger partial charge in [-0.2, -0.15) is 5.10 Å². The summed E-state index contributed by atoms with van der Waals surface area (Å²) in [6.45, 7) is 7.14. The summed E-state index contributed by atoms with van der Waals surface area (Å²) in [6, 6.07) is 0.515. The molecule has 3 aliphatic rings. The normalized spacial score (nSPS) is 24.3. The molecule has 1 N–H and O–H groups in total. The number of rotatable bonds is 6. The molecule has 2 amide bonds. The Morgan fingerprint density at radius 2 is 1.89 bits per heavy atom. The molecule has 2 aliphatic heterocycles. The number of aromatic nitrogens is 2. The molecule has 0 spiro atoms. The monoisotopic (exact) mass is 387 g/mol. The second kappa shape index (κ2) is 8.64. The Morgan fingerprint density at radius 1 is 1.11 bits per heavy atom. The van der Waals surface area contributed by atoms with Gasteiger partial charge < -0.3 is 10.2 Å². The lowest BCUT2D eigenvalue weighted by molar-refractivity contribution is -0.134. The van der Waals surface area contributed by atoms with Crippen molar-refractivity contribution in [3.63, 3.8) is 0 Å². The second-order valence-corrected chi connectivity index (χ2v) is 8.59. The molecule has 0 aromatic carbocycles. The van der Waals surface area contributed by atoms with E-state index >= 15 is 0 Å². The van der Waals surface area contributed by atoms with Gasteiger partial charge in [-0.15, -0.1) is 0 Å². The molecule has 1 saturated carbocycles. The fraction of sp³-hybridized carbons (Fsp3) is 0.762.